The quantitative estimate of drug-likeness (QED) is 0.658. The second kappa shape index (κ2) is 6.08. The molecule has 0 radical (unpaired) electrons. The Hall–Kier alpha value is -1.53. The number of ether oxygens (including phenoxy) is 2. The summed E-state index contributed by atoms with van der Waals surface area (Å²) in [6, 6.07) is 6.50. The summed E-state index contributed by atoms with van der Waals surface area (Å²) in [5.74, 6) is 0.867. The van der Waals surface area contributed by atoms with E-state index in [4.69, 9.17) is 4.74 Å². The van der Waals surface area contributed by atoms with Gasteiger partial charge in [0.1, 0.15) is 17.2 Å². The number of carbonyl (C=O) groups excluding carboxylic acids is 2. The average Bonchev–Trinajstić information content (AvgIpc) is 2.95. The van der Waals surface area contributed by atoms with Gasteiger partial charge in [-0.1, -0.05) is 0 Å². The molecule has 1 aromatic carbocycles. The molecule has 0 bridgehead atoms. The van der Waals surface area contributed by atoms with Gasteiger partial charge in [0.05, 0.1) is 14.2 Å². The first-order valence-corrected chi connectivity index (χ1v) is 6.84. The predicted molar refractivity (Wildman–Crippen MR) is 72.5 cm³/mol. The van der Waals surface area contributed by atoms with Crippen molar-refractivity contribution in [2.45, 2.75) is 11.4 Å². The van der Waals surface area contributed by atoms with E-state index in [1.807, 2.05) is 0 Å². The first-order chi connectivity index (χ1) is 9.15. The molecule has 1 N–H and O–H groups in total. The maximum atomic E-state index is 12.2. The van der Waals surface area contributed by atoms with Crippen LogP contribution in [0.4, 0.5) is 0 Å². The van der Waals surface area contributed by atoms with Crippen LogP contribution in [0.2, 0.25) is 0 Å². The zero-order valence-electron chi connectivity index (χ0n) is 10.7. The first kappa shape index (κ1) is 13.9. The fourth-order valence-electron chi connectivity index (χ4n) is 1.81. The number of thioether (sulfide) groups is 1. The van der Waals surface area contributed by atoms with Crippen LogP contribution in [0.3, 0.4) is 0 Å². The molecule has 0 aliphatic carbocycles. The number of methoxy groups -OCH3 is 2. The minimum atomic E-state index is -0.415. The van der Waals surface area contributed by atoms with Gasteiger partial charge in [0.25, 0.3) is 0 Å². The van der Waals surface area contributed by atoms with E-state index in [0.717, 1.165) is 0 Å². The number of esters is 1. The molecule has 0 spiro atoms. The molecule has 5 nitrogen and oxygen atoms in total. The van der Waals surface area contributed by atoms with Crippen molar-refractivity contribution >= 4 is 23.5 Å². The van der Waals surface area contributed by atoms with Gasteiger partial charge in [-0.2, -0.15) is 0 Å². The largest absolute Gasteiger partial charge is 0.497 e. The fourth-order valence-corrected chi connectivity index (χ4v) is 2.97. The molecule has 1 aliphatic heterocycles. The van der Waals surface area contributed by atoms with E-state index in [1.54, 1.807) is 31.4 Å². The third-order valence-electron chi connectivity index (χ3n) is 2.88. The van der Waals surface area contributed by atoms with Gasteiger partial charge in [-0.3, -0.25) is 14.9 Å². The Morgan fingerprint density at radius 3 is 2.53 bits per heavy atom. The third-order valence-corrected chi connectivity index (χ3v) is 4.09. The molecule has 1 aromatic rings. The molecule has 1 heterocycles. The maximum Gasteiger partial charge on any atom is 0.323 e. The zero-order valence-corrected chi connectivity index (χ0v) is 11.5. The average molecular weight is 281 g/mol. The van der Waals surface area contributed by atoms with Crippen LogP contribution in [0, 0.1) is 0 Å². The molecule has 1 fully saturated rings. The Morgan fingerprint density at radius 2 is 1.95 bits per heavy atom. The Balaban J connectivity index is 2.02. The van der Waals surface area contributed by atoms with Crippen molar-refractivity contribution in [2.75, 3.05) is 20.0 Å². The van der Waals surface area contributed by atoms with E-state index >= 15 is 0 Å². The highest BCUT2D eigenvalue weighted by Gasteiger charge is 2.34. The van der Waals surface area contributed by atoms with Crippen LogP contribution in [0.25, 0.3) is 0 Å². The van der Waals surface area contributed by atoms with Crippen molar-refractivity contribution < 1.29 is 19.1 Å². The summed E-state index contributed by atoms with van der Waals surface area (Å²) in [5, 5.41) is 2.57. The van der Waals surface area contributed by atoms with Gasteiger partial charge in [-0.15, -0.1) is 11.8 Å². The highest BCUT2D eigenvalue weighted by Crippen LogP contribution is 2.23. The summed E-state index contributed by atoms with van der Waals surface area (Å²) < 4.78 is 9.70. The number of hydrogen-bond donors (Lipinski definition) is 1. The molecule has 1 aliphatic rings. The van der Waals surface area contributed by atoms with Crippen molar-refractivity contribution in [1.29, 1.82) is 0 Å². The van der Waals surface area contributed by atoms with Crippen molar-refractivity contribution in [1.82, 2.24) is 5.32 Å². The van der Waals surface area contributed by atoms with Crippen LogP contribution in [-0.2, 0) is 9.53 Å². The smallest absolute Gasteiger partial charge is 0.323 e. The monoisotopic (exact) mass is 281 g/mol. The summed E-state index contributed by atoms with van der Waals surface area (Å²) in [6.45, 7) is 0. The SMILES string of the molecule is COC(=O)[C@@H]1CS[C@@H](C(=O)c2ccc(OC)cc2)N1. The standard InChI is InChI=1S/C13H15NO4S/c1-17-9-5-3-8(4-6-9)11(15)12-14-10(7-19-12)13(16)18-2/h3-6,10,12,14H,7H2,1-2H3/t10-,12-/m0/s1. The van der Waals surface area contributed by atoms with Crippen LogP contribution < -0.4 is 10.1 Å². The highest BCUT2D eigenvalue weighted by molar-refractivity contribution is 8.00. The van der Waals surface area contributed by atoms with Crippen LogP contribution >= 0.6 is 11.8 Å². The fraction of sp³-hybridized carbons (Fsp3) is 0.385. The number of hydrogen-bond acceptors (Lipinski definition) is 6. The molecule has 0 saturated carbocycles. The minimum absolute atomic E-state index is 0.0425. The molecule has 1 saturated heterocycles. The molecule has 102 valence electrons. The Labute approximate surface area is 115 Å². The molecule has 6 heteroatoms. The first-order valence-electron chi connectivity index (χ1n) is 5.79. The molecule has 2 rings (SSSR count). The van der Waals surface area contributed by atoms with Crippen molar-refractivity contribution in [3.63, 3.8) is 0 Å². The van der Waals surface area contributed by atoms with Crippen LogP contribution in [0.1, 0.15) is 10.4 Å². The van der Waals surface area contributed by atoms with Gasteiger partial charge in [0.15, 0.2) is 5.78 Å². The van der Waals surface area contributed by atoms with Crippen LogP contribution in [-0.4, -0.2) is 43.1 Å². The molecule has 0 unspecified atom stereocenters. The lowest BCUT2D eigenvalue weighted by Gasteiger charge is -2.11. The zero-order chi connectivity index (χ0) is 13.8. The lowest BCUT2D eigenvalue weighted by molar-refractivity contribution is -0.142. The molecule has 19 heavy (non-hydrogen) atoms. The lowest BCUT2D eigenvalue weighted by Crippen LogP contribution is -2.40. The molecule has 0 aromatic heterocycles. The van der Waals surface area contributed by atoms with E-state index in [9.17, 15) is 9.59 Å². The van der Waals surface area contributed by atoms with Crippen molar-refractivity contribution in [3.05, 3.63) is 29.8 Å². The molecule has 2 atom stereocenters. The normalized spacial score (nSPS) is 22.0. The summed E-state index contributed by atoms with van der Waals surface area (Å²) in [6.07, 6.45) is 0. The summed E-state index contributed by atoms with van der Waals surface area (Å²) in [5.41, 5.74) is 0.594. The van der Waals surface area contributed by atoms with Gasteiger partial charge in [0, 0.05) is 11.3 Å². The molecular formula is C13H15NO4S. The second-order valence-electron chi connectivity index (χ2n) is 4.05. The van der Waals surface area contributed by atoms with E-state index in [0.29, 0.717) is 17.1 Å². The number of Topliss-reactive ketones (excluding diaryl/α,β-unsaturated/α-hetero) is 1. The minimum Gasteiger partial charge on any atom is -0.497 e. The summed E-state index contributed by atoms with van der Waals surface area (Å²) in [4.78, 5) is 23.6. The predicted octanol–water partition coefficient (Wildman–Crippen LogP) is 1.08. The Bertz CT molecular complexity index is 474. The Morgan fingerprint density at radius 1 is 1.26 bits per heavy atom. The van der Waals surface area contributed by atoms with Crippen LogP contribution in [0.5, 0.6) is 5.75 Å². The lowest BCUT2D eigenvalue weighted by atomic mass is 10.1. The number of carbonyl (C=O) groups is 2. The topological polar surface area (TPSA) is 64.6 Å². The molecular weight excluding hydrogens is 266 g/mol. The summed E-state index contributed by atoms with van der Waals surface area (Å²) >= 11 is 1.41. The van der Waals surface area contributed by atoms with Gasteiger partial charge >= 0.3 is 5.97 Å². The van der Waals surface area contributed by atoms with Gasteiger partial charge in [0.2, 0.25) is 0 Å². The number of ketones is 1. The molecule has 0 amide bonds. The third kappa shape index (κ3) is 3.08. The Kier molecular flexibility index (Phi) is 4.44. The number of benzene rings is 1. The second-order valence-corrected chi connectivity index (χ2v) is 5.19. The van der Waals surface area contributed by atoms with Crippen molar-refractivity contribution in [3.8, 4) is 5.75 Å². The van der Waals surface area contributed by atoms with E-state index in [-0.39, 0.29) is 11.8 Å². The summed E-state index contributed by atoms with van der Waals surface area (Å²) in [7, 11) is 2.92. The highest BCUT2D eigenvalue weighted by atomic mass is 32.2. The van der Waals surface area contributed by atoms with Crippen molar-refractivity contribution in [2.24, 2.45) is 0 Å². The van der Waals surface area contributed by atoms with Gasteiger partial charge in [-0.25, -0.2) is 0 Å². The number of rotatable bonds is 4. The van der Waals surface area contributed by atoms with E-state index in [2.05, 4.69) is 10.1 Å². The number of nitrogens with one attached hydrogen (secondary N) is 1. The van der Waals surface area contributed by atoms with Crippen LogP contribution in [0.15, 0.2) is 24.3 Å². The van der Waals surface area contributed by atoms with E-state index < -0.39 is 11.4 Å². The maximum absolute atomic E-state index is 12.2. The van der Waals surface area contributed by atoms with E-state index in [1.165, 1.54) is 18.9 Å². The van der Waals surface area contributed by atoms with Gasteiger partial charge in [-0.05, 0) is 24.3 Å². The van der Waals surface area contributed by atoms with Gasteiger partial charge < -0.3 is 9.47 Å².